The molecule has 0 spiro atoms. The lowest BCUT2D eigenvalue weighted by molar-refractivity contribution is -0.120. The van der Waals surface area contributed by atoms with Crippen molar-refractivity contribution >= 4 is 46.5 Å². The number of nitrogens with zero attached hydrogens (tertiary/aromatic N) is 1. The highest BCUT2D eigenvalue weighted by Gasteiger charge is 2.40. The molecule has 0 aromatic heterocycles. The number of methoxy groups -OCH3 is 1. The van der Waals surface area contributed by atoms with Gasteiger partial charge in [0.1, 0.15) is 16.4 Å². The minimum Gasteiger partial charge on any atom is -0.495 e. The summed E-state index contributed by atoms with van der Waals surface area (Å²) in [6.45, 7) is 7.85. The van der Waals surface area contributed by atoms with Gasteiger partial charge in [-0.15, -0.1) is 0 Å². The van der Waals surface area contributed by atoms with Crippen molar-refractivity contribution < 1.29 is 19.1 Å². The number of anilines is 3. The summed E-state index contributed by atoms with van der Waals surface area (Å²) < 4.78 is 5.49. The van der Waals surface area contributed by atoms with Crippen LogP contribution in [-0.4, -0.2) is 24.8 Å². The van der Waals surface area contributed by atoms with Crippen LogP contribution in [0.2, 0.25) is 0 Å². The van der Waals surface area contributed by atoms with Crippen LogP contribution in [0.4, 0.5) is 17.1 Å². The first-order valence-electron chi connectivity index (χ1n) is 12.4. The summed E-state index contributed by atoms with van der Waals surface area (Å²) in [6.07, 6.45) is 0.410. The Morgan fingerprint density at radius 3 is 2.34 bits per heavy atom. The number of rotatable bonds is 9. The smallest absolute Gasteiger partial charge is 0.283 e. The molecule has 1 aliphatic heterocycles. The highest BCUT2D eigenvalue weighted by Crippen LogP contribution is 2.39. The third-order valence-corrected chi connectivity index (χ3v) is 6.95. The Morgan fingerprint density at radius 1 is 0.947 bits per heavy atom. The first kappa shape index (κ1) is 27.0. The molecule has 8 heteroatoms. The van der Waals surface area contributed by atoms with Crippen molar-refractivity contribution in [3.8, 4) is 5.75 Å². The van der Waals surface area contributed by atoms with Crippen molar-refractivity contribution in [2.24, 2.45) is 5.92 Å². The Bertz CT molecular complexity index is 1410. The fourth-order valence-electron chi connectivity index (χ4n) is 4.04. The number of carbonyl (C=O) groups excluding carboxylic acids is 3. The standard InChI is InChI=1S/C30H31N3O4S/c1-18(2)15-26(34)31-21-7-6-8-23(17-21)38-28-27(32-24-16-20(4)11-14-25(24)37-5)29(35)33(30(28)36)22-12-9-19(3)10-13-22/h6-14,16-18,32H,15H2,1-5H3,(H,31,34). The maximum Gasteiger partial charge on any atom is 0.283 e. The molecule has 0 saturated heterocycles. The van der Waals surface area contributed by atoms with E-state index in [1.165, 1.54) is 16.7 Å². The Hall–Kier alpha value is -4.04. The number of hydrogen-bond acceptors (Lipinski definition) is 6. The zero-order chi connectivity index (χ0) is 27.4. The van der Waals surface area contributed by atoms with E-state index in [0.717, 1.165) is 11.1 Å². The van der Waals surface area contributed by atoms with E-state index in [9.17, 15) is 14.4 Å². The van der Waals surface area contributed by atoms with Crippen LogP contribution in [0, 0.1) is 19.8 Å². The summed E-state index contributed by atoms with van der Waals surface area (Å²) >= 11 is 1.18. The summed E-state index contributed by atoms with van der Waals surface area (Å²) in [5.41, 5.74) is 3.87. The molecule has 2 N–H and O–H groups in total. The van der Waals surface area contributed by atoms with Gasteiger partial charge in [0, 0.05) is 17.0 Å². The average Bonchev–Trinajstić information content (AvgIpc) is 3.08. The van der Waals surface area contributed by atoms with E-state index in [1.807, 2.05) is 70.2 Å². The number of ether oxygens (including phenoxy) is 1. The van der Waals surface area contributed by atoms with E-state index >= 15 is 0 Å². The molecule has 3 amide bonds. The lowest BCUT2D eigenvalue weighted by Gasteiger charge is -2.16. The third kappa shape index (κ3) is 6.08. The van der Waals surface area contributed by atoms with Crippen LogP contribution in [0.5, 0.6) is 5.75 Å². The number of amides is 3. The molecule has 0 atom stereocenters. The Morgan fingerprint density at radius 2 is 1.66 bits per heavy atom. The lowest BCUT2D eigenvalue weighted by Crippen LogP contribution is -2.32. The van der Waals surface area contributed by atoms with Crippen molar-refractivity contribution in [3.05, 3.63) is 88.5 Å². The van der Waals surface area contributed by atoms with Gasteiger partial charge in [-0.2, -0.15) is 0 Å². The van der Waals surface area contributed by atoms with E-state index in [1.54, 1.807) is 31.4 Å². The molecule has 4 rings (SSSR count). The molecule has 3 aromatic carbocycles. The van der Waals surface area contributed by atoms with Crippen LogP contribution in [0.15, 0.2) is 82.2 Å². The summed E-state index contributed by atoms with van der Waals surface area (Å²) in [5, 5.41) is 6.09. The van der Waals surface area contributed by atoms with Crippen LogP contribution >= 0.6 is 11.8 Å². The van der Waals surface area contributed by atoms with E-state index in [0.29, 0.717) is 34.1 Å². The molecule has 0 unspecified atom stereocenters. The fourth-order valence-corrected chi connectivity index (χ4v) is 5.02. The van der Waals surface area contributed by atoms with Crippen LogP contribution in [0.3, 0.4) is 0 Å². The lowest BCUT2D eigenvalue weighted by atomic mass is 10.1. The highest BCUT2D eigenvalue weighted by molar-refractivity contribution is 8.04. The molecule has 1 heterocycles. The topological polar surface area (TPSA) is 87.7 Å². The van der Waals surface area contributed by atoms with Gasteiger partial charge in [0.2, 0.25) is 5.91 Å². The van der Waals surface area contributed by atoms with Crippen LogP contribution in [0.25, 0.3) is 0 Å². The van der Waals surface area contributed by atoms with Gasteiger partial charge in [-0.3, -0.25) is 14.4 Å². The first-order chi connectivity index (χ1) is 18.2. The van der Waals surface area contributed by atoms with Gasteiger partial charge in [0.15, 0.2) is 0 Å². The number of carbonyl (C=O) groups is 3. The van der Waals surface area contributed by atoms with Crippen LogP contribution < -0.4 is 20.3 Å². The van der Waals surface area contributed by atoms with Crippen molar-refractivity contribution in [3.63, 3.8) is 0 Å². The molecule has 7 nitrogen and oxygen atoms in total. The molecule has 3 aromatic rings. The number of thioether (sulfide) groups is 1. The monoisotopic (exact) mass is 529 g/mol. The predicted octanol–water partition coefficient (Wildman–Crippen LogP) is 6.29. The first-order valence-corrected chi connectivity index (χ1v) is 13.2. The van der Waals surface area contributed by atoms with Gasteiger partial charge >= 0.3 is 0 Å². The van der Waals surface area contributed by atoms with Crippen molar-refractivity contribution in [1.29, 1.82) is 0 Å². The Balaban J connectivity index is 1.71. The minimum absolute atomic E-state index is 0.0760. The maximum absolute atomic E-state index is 13.7. The largest absolute Gasteiger partial charge is 0.495 e. The quantitative estimate of drug-likeness (QED) is 0.317. The van der Waals surface area contributed by atoms with Crippen molar-refractivity contribution in [1.82, 2.24) is 0 Å². The highest BCUT2D eigenvalue weighted by atomic mass is 32.2. The molecule has 38 heavy (non-hydrogen) atoms. The molecule has 196 valence electrons. The van der Waals surface area contributed by atoms with Gasteiger partial charge in [0.25, 0.3) is 11.8 Å². The second kappa shape index (κ2) is 11.6. The van der Waals surface area contributed by atoms with Crippen molar-refractivity contribution in [2.75, 3.05) is 22.6 Å². The van der Waals surface area contributed by atoms with Crippen LogP contribution in [0.1, 0.15) is 31.4 Å². The molecular formula is C30H31N3O4S. The average molecular weight is 530 g/mol. The van der Waals surface area contributed by atoms with Crippen LogP contribution in [-0.2, 0) is 14.4 Å². The Kier molecular flexibility index (Phi) is 8.22. The molecule has 0 radical (unpaired) electrons. The number of aryl methyl sites for hydroxylation is 2. The molecule has 0 fully saturated rings. The number of imide groups is 1. The van der Waals surface area contributed by atoms with Gasteiger partial charge in [-0.25, -0.2) is 4.90 Å². The van der Waals surface area contributed by atoms with E-state index < -0.39 is 11.8 Å². The maximum atomic E-state index is 13.7. The van der Waals surface area contributed by atoms with E-state index in [2.05, 4.69) is 10.6 Å². The van der Waals surface area contributed by atoms with Gasteiger partial charge in [-0.05, 0) is 67.8 Å². The molecule has 0 saturated carbocycles. The summed E-state index contributed by atoms with van der Waals surface area (Å²) in [5.74, 6) is -0.164. The zero-order valence-electron chi connectivity index (χ0n) is 22.1. The Labute approximate surface area is 227 Å². The summed E-state index contributed by atoms with van der Waals surface area (Å²) in [4.78, 5) is 41.8. The normalized spacial score (nSPS) is 13.4. The fraction of sp³-hybridized carbons (Fsp3) is 0.233. The second-order valence-electron chi connectivity index (χ2n) is 9.59. The molecular weight excluding hydrogens is 498 g/mol. The zero-order valence-corrected chi connectivity index (χ0v) is 22.9. The van der Waals surface area contributed by atoms with Gasteiger partial charge < -0.3 is 15.4 Å². The number of benzene rings is 3. The summed E-state index contributed by atoms with van der Waals surface area (Å²) in [6, 6.07) is 20.1. The molecule has 0 aliphatic carbocycles. The SMILES string of the molecule is COc1ccc(C)cc1NC1=C(Sc2cccc(NC(=O)CC(C)C)c2)C(=O)N(c2ccc(C)cc2)C1=O. The number of nitrogens with one attached hydrogen (secondary N) is 2. The second-order valence-corrected chi connectivity index (χ2v) is 10.7. The molecule has 1 aliphatic rings. The van der Waals surface area contributed by atoms with E-state index in [-0.39, 0.29) is 22.4 Å². The third-order valence-electron chi connectivity index (χ3n) is 5.88. The minimum atomic E-state index is -0.452. The van der Waals surface area contributed by atoms with Gasteiger partial charge in [-0.1, -0.05) is 55.4 Å². The predicted molar refractivity (Wildman–Crippen MR) is 152 cm³/mol. The number of hydrogen-bond donors (Lipinski definition) is 2. The van der Waals surface area contributed by atoms with Gasteiger partial charge in [0.05, 0.1) is 18.5 Å². The molecule has 0 bridgehead atoms. The van der Waals surface area contributed by atoms with E-state index in [4.69, 9.17) is 4.74 Å². The summed E-state index contributed by atoms with van der Waals surface area (Å²) in [7, 11) is 1.55. The van der Waals surface area contributed by atoms with Crippen molar-refractivity contribution in [2.45, 2.75) is 39.0 Å².